The number of hydrogen-bond donors (Lipinski definition) is 0. The fraction of sp³-hybridized carbons (Fsp3) is 0.304. The number of rotatable bonds is 7. The molecule has 0 N–H and O–H groups in total. The normalized spacial score (nSPS) is 15.1. The average Bonchev–Trinajstić information content (AvgIpc) is 3.49. The van der Waals surface area contributed by atoms with Crippen molar-refractivity contribution in [3.8, 4) is 11.4 Å². The van der Waals surface area contributed by atoms with Crippen LogP contribution in [0.25, 0.3) is 11.4 Å². The van der Waals surface area contributed by atoms with Gasteiger partial charge in [0.1, 0.15) is 0 Å². The zero-order valence-corrected chi connectivity index (χ0v) is 18.6. The maximum atomic E-state index is 5.57. The molecule has 0 amide bonds. The highest BCUT2D eigenvalue weighted by atomic mass is 32.2. The number of ether oxygens (including phenoxy) is 1. The third-order valence-electron chi connectivity index (χ3n) is 5.28. The SMILES string of the molecule is CC(Sc1nnc(N2CCOCC2)n1Cc1ccccc1)c1nc(-c2ccccc2)no1. The Balaban J connectivity index is 1.40. The van der Waals surface area contributed by atoms with E-state index in [2.05, 4.69) is 41.9 Å². The third-order valence-corrected chi connectivity index (χ3v) is 6.35. The lowest BCUT2D eigenvalue weighted by Gasteiger charge is -2.28. The maximum Gasteiger partial charge on any atom is 0.240 e. The van der Waals surface area contributed by atoms with Crippen LogP contribution >= 0.6 is 11.8 Å². The van der Waals surface area contributed by atoms with Crippen LogP contribution in [0.15, 0.2) is 70.3 Å². The molecule has 3 heterocycles. The van der Waals surface area contributed by atoms with Crippen molar-refractivity contribution < 1.29 is 9.26 Å². The summed E-state index contributed by atoms with van der Waals surface area (Å²) in [7, 11) is 0. The number of nitrogens with zero attached hydrogens (tertiary/aromatic N) is 6. The molecule has 1 unspecified atom stereocenters. The average molecular weight is 449 g/mol. The molecular weight excluding hydrogens is 424 g/mol. The Morgan fingerprint density at radius 3 is 2.44 bits per heavy atom. The fourth-order valence-corrected chi connectivity index (χ4v) is 4.46. The van der Waals surface area contributed by atoms with Gasteiger partial charge in [0, 0.05) is 18.7 Å². The van der Waals surface area contributed by atoms with Gasteiger partial charge in [0.15, 0.2) is 5.16 Å². The molecular formula is C23H24N6O2S. The van der Waals surface area contributed by atoms with Gasteiger partial charge in [0.25, 0.3) is 0 Å². The van der Waals surface area contributed by atoms with Gasteiger partial charge in [-0.2, -0.15) is 4.98 Å². The Kier molecular flexibility index (Phi) is 6.17. The van der Waals surface area contributed by atoms with Crippen LogP contribution < -0.4 is 4.90 Å². The van der Waals surface area contributed by atoms with E-state index in [1.54, 1.807) is 11.8 Å². The van der Waals surface area contributed by atoms with Gasteiger partial charge in [-0.05, 0) is 12.5 Å². The summed E-state index contributed by atoms with van der Waals surface area (Å²) in [6.45, 7) is 5.73. The molecule has 1 aliphatic heterocycles. The van der Waals surface area contributed by atoms with Crippen molar-refractivity contribution in [2.24, 2.45) is 0 Å². The van der Waals surface area contributed by atoms with Crippen LogP contribution in [-0.2, 0) is 11.3 Å². The molecule has 0 spiro atoms. The van der Waals surface area contributed by atoms with Crippen LogP contribution in [0, 0.1) is 0 Å². The number of hydrogen-bond acceptors (Lipinski definition) is 8. The minimum Gasteiger partial charge on any atom is -0.378 e. The summed E-state index contributed by atoms with van der Waals surface area (Å²) in [5.41, 5.74) is 2.13. The van der Waals surface area contributed by atoms with E-state index >= 15 is 0 Å². The van der Waals surface area contributed by atoms with Crippen LogP contribution in [0.2, 0.25) is 0 Å². The monoisotopic (exact) mass is 448 g/mol. The van der Waals surface area contributed by atoms with E-state index in [9.17, 15) is 0 Å². The third kappa shape index (κ3) is 4.53. The first-order valence-corrected chi connectivity index (χ1v) is 11.5. The Bertz CT molecular complexity index is 1140. The second-order valence-corrected chi connectivity index (χ2v) is 8.84. The van der Waals surface area contributed by atoms with Gasteiger partial charge in [-0.25, -0.2) is 0 Å². The molecule has 1 atom stereocenters. The zero-order chi connectivity index (χ0) is 21.8. The summed E-state index contributed by atoms with van der Waals surface area (Å²) in [6, 6.07) is 20.2. The second kappa shape index (κ2) is 9.54. The summed E-state index contributed by atoms with van der Waals surface area (Å²) < 4.78 is 13.2. The van der Waals surface area contributed by atoms with Crippen LogP contribution in [-0.4, -0.2) is 51.2 Å². The first-order valence-electron chi connectivity index (χ1n) is 10.6. The summed E-state index contributed by atoms with van der Waals surface area (Å²) in [5.74, 6) is 2.02. The quantitative estimate of drug-likeness (QED) is 0.392. The van der Waals surface area contributed by atoms with Crippen molar-refractivity contribution >= 4 is 17.7 Å². The summed E-state index contributed by atoms with van der Waals surface area (Å²) in [4.78, 5) is 6.83. The van der Waals surface area contributed by atoms with Crippen LogP contribution in [0.3, 0.4) is 0 Å². The Morgan fingerprint density at radius 1 is 0.969 bits per heavy atom. The number of benzene rings is 2. The van der Waals surface area contributed by atoms with Gasteiger partial charge in [-0.3, -0.25) is 4.57 Å². The smallest absolute Gasteiger partial charge is 0.240 e. The largest absolute Gasteiger partial charge is 0.378 e. The summed E-state index contributed by atoms with van der Waals surface area (Å²) >= 11 is 1.57. The molecule has 1 aliphatic rings. The molecule has 164 valence electrons. The Hall–Kier alpha value is -3.17. The van der Waals surface area contributed by atoms with Crippen LogP contribution in [0.4, 0.5) is 5.95 Å². The lowest BCUT2D eigenvalue weighted by atomic mass is 10.2. The van der Waals surface area contributed by atoms with Gasteiger partial charge in [-0.1, -0.05) is 77.6 Å². The topological polar surface area (TPSA) is 82.1 Å². The van der Waals surface area contributed by atoms with Gasteiger partial charge in [0.05, 0.1) is 25.0 Å². The van der Waals surface area contributed by atoms with E-state index in [1.165, 1.54) is 5.56 Å². The molecule has 1 fully saturated rings. The standard InChI is InChI=1S/C23H24N6O2S/c1-17(21-24-20(27-31-21)19-10-6-3-7-11-19)32-23-26-25-22(28-12-14-30-15-13-28)29(23)16-18-8-4-2-5-9-18/h2-11,17H,12-16H2,1H3. The molecule has 0 radical (unpaired) electrons. The molecule has 5 rings (SSSR count). The molecule has 2 aromatic heterocycles. The van der Waals surface area contributed by atoms with E-state index in [0.717, 1.165) is 29.8 Å². The van der Waals surface area contributed by atoms with E-state index < -0.39 is 0 Å². The van der Waals surface area contributed by atoms with Crippen molar-refractivity contribution in [3.05, 3.63) is 72.1 Å². The minimum atomic E-state index is -0.0729. The number of morpholine rings is 1. The highest BCUT2D eigenvalue weighted by Crippen LogP contribution is 2.35. The molecule has 9 heteroatoms. The van der Waals surface area contributed by atoms with Crippen molar-refractivity contribution in [2.75, 3.05) is 31.2 Å². The molecule has 4 aromatic rings. The van der Waals surface area contributed by atoms with Crippen molar-refractivity contribution in [1.29, 1.82) is 0 Å². The molecule has 0 aliphatic carbocycles. The van der Waals surface area contributed by atoms with Crippen molar-refractivity contribution in [2.45, 2.75) is 23.9 Å². The van der Waals surface area contributed by atoms with E-state index in [1.807, 2.05) is 55.5 Å². The van der Waals surface area contributed by atoms with Crippen molar-refractivity contribution in [3.63, 3.8) is 0 Å². The fourth-order valence-electron chi connectivity index (χ4n) is 3.58. The van der Waals surface area contributed by atoms with Gasteiger partial charge in [0.2, 0.25) is 17.7 Å². The molecule has 0 saturated carbocycles. The maximum absolute atomic E-state index is 5.57. The number of anilines is 1. The number of thioether (sulfide) groups is 1. The Labute approximate surface area is 190 Å². The van der Waals surface area contributed by atoms with E-state index in [-0.39, 0.29) is 5.25 Å². The lowest BCUT2D eigenvalue weighted by Crippen LogP contribution is -2.38. The minimum absolute atomic E-state index is 0.0729. The van der Waals surface area contributed by atoms with Gasteiger partial charge in [-0.15, -0.1) is 10.2 Å². The van der Waals surface area contributed by atoms with Gasteiger partial charge < -0.3 is 14.2 Å². The molecule has 2 aromatic carbocycles. The van der Waals surface area contributed by atoms with Crippen LogP contribution in [0.5, 0.6) is 0 Å². The number of aromatic nitrogens is 5. The first kappa shape index (κ1) is 20.7. The first-order chi connectivity index (χ1) is 15.8. The predicted octanol–water partition coefficient (Wildman–Crippen LogP) is 4.07. The zero-order valence-electron chi connectivity index (χ0n) is 17.8. The molecule has 32 heavy (non-hydrogen) atoms. The molecule has 0 bridgehead atoms. The second-order valence-electron chi connectivity index (χ2n) is 7.54. The molecule has 8 nitrogen and oxygen atoms in total. The summed E-state index contributed by atoms with van der Waals surface area (Å²) in [5, 5.41) is 14.0. The van der Waals surface area contributed by atoms with E-state index in [0.29, 0.717) is 31.5 Å². The summed E-state index contributed by atoms with van der Waals surface area (Å²) in [6.07, 6.45) is 0. The lowest BCUT2D eigenvalue weighted by molar-refractivity contribution is 0.121. The van der Waals surface area contributed by atoms with E-state index in [4.69, 9.17) is 9.26 Å². The highest BCUT2D eigenvalue weighted by molar-refractivity contribution is 7.99. The Morgan fingerprint density at radius 2 is 1.69 bits per heavy atom. The highest BCUT2D eigenvalue weighted by Gasteiger charge is 2.24. The predicted molar refractivity (Wildman–Crippen MR) is 123 cm³/mol. The van der Waals surface area contributed by atoms with Crippen LogP contribution in [0.1, 0.15) is 23.6 Å². The van der Waals surface area contributed by atoms with Gasteiger partial charge >= 0.3 is 0 Å². The van der Waals surface area contributed by atoms with Crippen molar-refractivity contribution in [1.82, 2.24) is 24.9 Å². The molecule has 1 saturated heterocycles.